The highest BCUT2D eigenvalue weighted by atomic mass is 16.5. The number of benzene rings is 2. The molecule has 0 atom stereocenters. The molecule has 2 nitrogen and oxygen atoms in total. The van der Waals surface area contributed by atoms with E-state index in [1.807, 2.05) is 6.07 Å². The Morgan fingerprint density at radius 2 is 1.95 bits per heavy atom. The van der Waals surface area contributed by atoms with Gasteiger partial charge in [0.1, 0.15) is 5.75 Å². The number of ether oxygens (including phenoxy) is 1. The molecule has 1 aromatic heterocycles. The van der Waals surface area contributed by atoms with Gasteiger partial charge in [-0.15, -0.1) is 0 Å². The Hall–Kier alpha value is -2.22. The molecule has 0 spiro atoms. The van der Waals surface area contributed by atoms with Crippen LogP contribution in [0, 0.1) is 0 Å². The number of H-pyrrole nitrogens is 1. The second-order valence-corrected chi connectivity index (χ2v) is 5.05. The lowest BCUT2D eigenvalue weighted by molar-refractivity contribution is 0.415. The number of fused-ring (bicyclic) bond motifs is 5. The molecule has 1 aliphatic rings. The lowest BCUT2D eigenvalue weighted by Gasteiger charge is -2.16. The smallest absolute Gasteiger partial charge is 0.119 e. The topological polar surface area (TPSA) is 25.0 Å². The maximum atomic E-state index is 5.34. The summed E-state index contributed by atoms with van der Waals surface area (Å²) in [5.41, 5.74) is 6.69. The van der Waals surface area contributed by atoms with E-state index in [0.717, 1.165) is 18.6 Å². The number of nitrogens with one attached hydrogen (secondary N) is 1. The summed E-state index contributed by atoms with van der Waals surface area (Å²) in [6.45, 7) is 0. The zero-order chi connectivity index (χ0) is 12.8. The minimum atomic E-state index is 0.924. The third kappa shape index (κ3) is 1.49. The van der Waals surface area contributed by atoms with Crippen molar-refractivity contribution in [2.75, 3.05) is 7.11 Å². The second-order valence-electron chi connectivity index (χ2n) is 5.05. The fourth-order valence-corrected chi connectivity index (χ4v) is 3.09. The highest BCUT2D eigenvalue weighted by molar-refractivity contribution is 5.93. The number of methoxy groups -OCH3 is 1. The first kappa shape index (κ1) is 10.7. The number of aryl methyl sites for hydroxylation is 2. The van der Waals surface area contributed by atoms with Gasteiger partial charge in [0.05, 0.1) is 7.11 Å². The maximum Gasteiger partial charge on any atom is 0.119 e. The van der Waals surface area contributed by atoms with Gasteiger partial charge in [-0.1, -0.05) is 24.3 Å². The van der Waals surface area contributed by atoms with Crippen LogP contribution in [0.3, 0.4) is 0 Å². The second kappa shape index (κ2) is 3.89. The van der Waals surface area contributed by atoms with Crippen LogP contribution in [0.5, 0.6) is 5.75 Å². The maximum absolute atomic E-state index is 5.34. The molecule has 2 aromatic carbocycles. The van der Waals surface area contributed by atoms with Crippen molar-refractivity contribution < 1.29 is 4.74 Å². The molecule has 0 aliphatic heterocycles. The first-order valence-electron chi connectivity index (χ1n) is 6.63. The molecule has 0 saturated heterocycles. The average molecular weight is 249 g/mol. The standard InChI is InChI=1S/C17H15NO/c1-19-12-7-9-16-15(10-12)14-8-6-11-4-2-3-5-13(11)17(14)18-16/h2-5,7,9-10,18H,6,8H2,1H3. The molecule has 19 heavy (non-hydrogen) atoms. The van der Waals surface area contributed by atoms with Crippen LogP contribution in [0.1, 0.15) is 11.1 Å². The van der Waals surface area contributed by atoms with E-state index in [-0.39, 0.29) is 0 Å². The van der Waals surface area contributed by atoms with Crippen LogP contribution in [-0.2, 0) is 12.8 Å². The summed E-state index contributed by atoms with van der Waals surface area (Å²) < 4.78 is 5.34. The van der Waals surface area contributed by atoms with Crippen molar-refractivity contribution in [2.45, 2.75) is 12.8 Å². The zero-order valence-electron chi connectivity index (χ0n) is 10.9. The predicted molar refractivity (Wildman–Crippen MR) is 77.7 cm³/mol. The van der Waals surface area contributed by atoms with Crippen LogP contribution in [-0.4, -0.2) is 12.1 Å². The van der Waals surface area contributed by atoms with Crippen LogP contribution in [0.15, 0.2) is 42.5 Å². The molecular weight excluding hydrogens is 234 g/mol. The number of aromatic amines is 1. The molecule has 0 fully saturated rings. The Morgan fingerprint density at radius 1 is 1.05 bits per heavy atom. The molecule has 1 aliphatic carbocycles. The Bertz CT molecular complexity index is 770. The van der Waals surface area contributed by atoms with Crippen molar-refractivity contribution in [3.05, 3.63) is 53.6 Å². The highest BCUT2D eigenvalue weighted by Crippen LogP contribution is 2.38. The van der Waals surface area contributed by atoms with Crippen LogP contribution < -0.4 is 4.74 Å². The fraction of sp³-hybridized carbons (Fsp3) is 0.176. The van der Waals surface area contributed by atoms with Crippen molar-refractivity contribution in [2.24, 2.45) is 0 Å². The zero-order valence-corrected chi connectivity index (χ0v) is 10.9. The van der Waals surface area contributed by atoms with E-state index in [4.69, 9.17) is 4.74 Å². The molecule has 0 amide bonds. The summed E-state index contributed by atoms with van der Waals surface area (Å²) in [5.74, 6) is 0.924. The van der Waals surface area contributed by atoms with Gasteiger partial charge in [0.2, 0.25) is 0 Å². The number of hydrogen-bond donors (Lipinski definition) is 1. The lowest BCUT2D eigenvalue weighted by Crippen LogP contribution is -2.02. The molecule has 0 radical (unpaired) electrons. The van der Waals surface area contributed by atoms with Gasteiger partial charge in [-0.05, 0) is 42.2 Å². The van der Waals surface area contributed by atoms with Gasteiger partial charge in [0.25, 0.3) is 0 Å². The van der Waals surface area contributed by atoms with E-state index < -0.39 is 0 Å². The predicted octanol–water partition coefficient (Wildman–Crippen LogP) is 3.94. The van der Waals surface area contributed by atoms with Gasteiger partial charge in [0.15, 0.2) is 0 Å². The highest BCUT2D eigenvalue weighted by Gasteiger charge is 2.20. The van der Waals surface area contributed by atoms with E-state index in [0.29, 0.717) is 0 Å². The Balaban J connectivity index is 2.02. The Kier molecular flexibility index (Phi) is 2.18. The molecule has 94 valence electrons. The van der Waals surface area contributed by atoms with Crippen molar-refractivity contribution >= 4 is 10.9 Å². The van der Waals surface area contributed by atoms with Gasteiger partial charge >= 0.3 is 0 Å². The van der Waals surface area contributed by atoms with E-state index in [9.17, 15) is 0 Å². The average Bonchev–Trinajstić information content (AvgIpc) is 2.85. The normalized spacial score (nSPS) is 13.1. The van der Waals surface area contributed by atoms with Crippen LogP contribution >= 0.6 is 0 Å². The fourth-order valence-electron chi connectivity index (χ4n) is 3.09. The summed E-state index contributed by atoms with van der Waals surface area (Å²) in [5, 5.41) is 1.30. The summed E-state index contributed by atoms with van der Waals surface area (Å²) in [7, 11) is 1.72. The minimum Gasteiger partial charge on any atom is -0.497 e. The molecule has 4 rings (SSSR count). The number of hydrogen-bond acceptors (Lipinski definition) is 1. The van der Waals surface area contributed by atoms with E-state index in [1.165, 1.54) is 33.3 Å². The Labute approximate surface area is 112 Å². The van der Waals surface area contributed by atoms with Gasteiger partial charge in [-0.3, -0.25) is 0 Å². The monoisotopic (exact) mass is 249 g/mol. The number of rotatable bonds is 1. The van der Waals surface area contributed by atoms with Crippen LogP contribution in [0.4, 0.5) is 0 Å². The van der Waals surface area contributed by atoms with Crippen molar-refractivity contribution in [3.63, 3.8) is 0 Å². The molecule has 1 heterocycles. The summed E-state index contributed by atoms with van der Waals surface area (Å²) in [4.78, 5) is 3.57. The minimum absolute atomic E-state index is 0.924. The third-order valence-corrected chi connectivity index (χ3v) is 4.04. The van der Waals surface area contributed by atoms with Crippen molar-refractivity contribution in [1.82, 2.24) is 4.98 Å². The van der Waals surface area contributed by atoms with Gasteiger partial charge in [-0.25, -0.2) is 0 Å². The number of aromatic nitrogens is 1. The lowest BCUT2D eigenvalue weighted by atomic mass is 9.89. The quantitative estimate of drug-likeness (QED) is 0.694. The molecule has 3 aromatic rings. The first-order valence-corrected chi connectivity index (χ1v) is 6.63. The van der Waals surface area contributed by atoms with Crippen LogP contribution in [0.2, 0.25) is 0 Å². The molecule has 0 saturated carbocycles. The van der Waals surface area contributed by atoms with Crippen molar-refractivity contribution in [1.29, 1.82) is 0 Å². The van der Waals surface area contributed by atoms with E-state index in [2.05, 4.69) is 41.4 Å². The summed E-state index contributed by atoms with van der Waals surface area (Å²) in [6, 6.07) is 14.9. The Morgan fingerprint density at radius 3 is 2.84 bits per heavy atom. The van der Waals surface area contributed by atoms with Crippen LogP contribution in [0.25, 0.3) is 22.2 Å². The van der Waals surface area contributed by atoms with Gasteiger partial charge in [0, 0.05) is 22.2 Å². The largest absolute Gasteiger partial charge is 0.497 e. The van der Waals surface area contributed by atoms with E-state index >= 15 is 0 Å². The first-order chi connectivity index (χ1) is 9.36. The molecule has 1 N–H and O–H groups in total. The summed E-state index contributed by atoms with van der Waals surface area (Å²) in [6.07, 6.45) is 2.22. The van der Waals surface area contributed by atoms with Gasteiger partial charge < -0.3 is 9.72 Å². The van der Waals surface area contributed by atoms with E-state index in [1.54, 1.807) is 7.11 Å². The third-order valence-electron chi connectivity index (χ3n) is 4.04. The molecule has 0 unspecified atom stereocenters. The molecular formula is C17H15NO. The van der Waals surface area contributed by atoms with Crippen molar-refractivity contribution in [3.8, 4) is 17.0 Å². The van der Waals surface area contributed by atoms with Gasteiger partial charge in [-0.2, -0.15) is 0 Å². The SMILES string of the molecule is COc1ccc2[nH]c3c(c2c1)CCc1ccccc1-3. The molecule has 2 heteroatoms. The summed E-state index contributed by atoms with van der Waals surface area (Å²) >= 11 is 0. The molecule has 0 bridgehead atoms.